The molecule has 0 aromatic heterocycles. The Hall–Kier alpha value is -0.770. The summed E-state index contributed by atoms with van der Waals surface area (Å²) in [7, 11) is 0. The van der Waals surface area contributed by atoms with E-state index in [0.717, 1.165) is 25.7 Å². The third-order valence-corrected chi connectivity index (χ3v) is 3.28. The van der Waals surface area contributed by atoms with E-state index in [1.807, 2.05) is 13.8 Å². The maximum absolute atomic E-state index is 11.2. The van der Waals surface area contributed by atoms with Gasteiger partial charge in [0.1, 0.15) is 5.72 Å². The van der Waals surface area contributed by atoms with Crippen molar-refractivity contribution >= 4 is 6.09 Å². The molecule has 1 saturated carbocycles. The second-order valence-electron chi connectivity index (χ2n) is 4.87. The lowest BCUT2D eigenvalue weighted by molar-refractivity contribution is -0.0699. The van der Waals surface area contributed by atoms with Crippen LogP contribution in [0.2, 0.25) is 0 Å². The molecule has 2 fully saturated rings. The fourth-order valence-corrected chi connectivity index (χ4v) is 2.72. The van der Waals surface area contributed by atoms with Crippen molar-refractivity contribution in [2.45, 2.75) is 50.8 Å². The normalized spacial score (nSPS) is 28.6. The van der Waals surface area contributed by atoms with Crippen LogP contribution in [0.25, 0.3) is 0 Å². The quantitative estimate of drug-likeness (QED) is 0.649. The molecule has 0 unspecified atom stereocenters. The van der Waals surface area contributed by atoms with Crippen molar-refractivity contribution in [3.63, 3.8) is 0 Å². The zero-order valence-corrected chi connectivity index (χ0v) is 8.75. The van der Waals surface area contributed by atoms with Gasteiger partial charge in [-0.05, 0) is 39.5 Å². The van der Waals surface area contributed by atoms with Crippen LogP contribution in [0.4, 0.5) is 4.79 Å². The lowest BCUT2D eigenvalue weighted by atomic mass is 10.0. The van der Waals surface area contributed by atoms with Crippen LogP contribution in [-0.4, -0.2) is 34.0 Å². The molecule has 14 heavy (non-hydrogen) atoms. The number of ether oxygens (including phenoxy) is 1. The second-order valence-corrected chi connectivity index (χ2v) is 4.87. The van der Waals surface area contributed by atoms with E-state index in [9.17, 15) is 9.90 Å². The second kappa shape index (κ2) is 2.86. The van der Waals surface area contributed by atoms with Crippen molar-refractivity contribution in [3.8, 4) is 0 Å². The van der Waals surface area contributed by atoms with Gasteiger partial charge in [-0.15, -0.1) is 0 Å². The van der Waals surface area contributed by atoms with Crippen molar-refractivity contribution in [2.24, 2.45) is 0 Å². The zero-order chi connectivity index (χ0) is 10.4. The lowest BCUT2D eigenvalue weighted by Gasteiger charge is -2.37. The molecule has 1 saturated heterocycles. The van der Waals surface area contributed by atoms with Gasteiger partial charge in [0.25, 0.3) is 0 Å². The molecule has 0 radical (unpaired) electrons. The highest BCUT2D eigenvalue weighted by atomic mass is 16.5. The first-order valence-electron chi connectivity index (χ1n) is 5.15. The zero-order valence-electron chi connectivity index (χ0n) is 8.75. The molecule has 2 aliphatic rings. The molecule has 1 heterocycles. The van der Waals surface area contributed by atoms with Gasteiger partial charge in [0.15, 0.2) is 0 Å². The minimum Gasteiger partial charge on any atom is -0.465 e. The van der Waals surface area contributed by atoms with Gasteiger partial charge in [0.05, 0.1) is 12.1 Å². The summed E-state index contributed by atoms with van der Waals surface area (Å²) in [5, 5.41) is 9.22. The molecular weight excluding hydrogens is 182 g/mol. The molecule has 1 N–H and O–H groups in total. The first kappa shape index (κ1) is 9.77. The number of carboxylic acid groups (broad SMARTS) is 1. The van der Waals surface area contributed by atoms with Crippen LogP contribution in [0.3, 0.4) is 0 Å². The summed E-state index contributed by atoms with van der Waals surface area (Å²) in [6, 6.07) is 0. The molecule has 0 bridgehead atoms. The van der Waals surface area contributed by atoms with Crippen LogP contribution >= 0.6 is 0 Å². The molecule has 1 amide bonds. The number of carbonyl (C=O) groups is 1. The van der Waals surface area contributed by atoms with E-state index < -0.39 is 11.8 Å². The third-order valence-electron chi connectivity index (χ3n) is 3.28. The van der Waals surface area contributed by atoms with E-state index in [1.54, 1.807) is 0 Å². The fourth-order valence-electron chi connectivity index (χ4n) is 2.72. The van der Waals surface area contributed by atoms with Gasteiger partial charge in [-0.1, -0.05) is 0 Å². The molecule has 1 aliphatic carbocycles. The lowest BCUT2D eigenvalue weighted by Crippen LogP contribution is -2.53. The minimum absolute atomic E-state index is 0.379. The summed E-state index contributed by atoms with van der Waals surface area (Å²) >= 11 is 0. The van der Waals surface area contributed by atoms with Crippen molar-refractivity contribution in [3.05, 3.63) is 0 Å². The summed E-state index contributed by atoms with van der Waals surface area (Å²) in [5.74, 6) is 0. The molecule has 80 valence electrons. The Balaban J connectivity index is 2.31. The SMILES string of the molecule is CC1(C)COC2(CCCC2)N1C(=O)O. The van der Waals surface area contributed by atoms with Crippen LogP contribution in [0.5, 0.6) is 0 Å². The van der Waals surface area contributed by atoms with Gasteiger partial charge in [-0.25, -0.2) is 4.79 Å². The average Bonchev–Trinajstić information content (AvgIpc) is 2.59. The molecule has 0 aromatic rings. The molecule has 2 rings (SSSR count). The van der Waals surface area contributed by atoms with E-state index in [0.29, 0.717) is 6.61 Å². The Kier molecular flexibility index (Phi) is 2.00. The van der Waals surface area contributed by atoms with Gasteiger partial charge >= 0.3 is 6.09 Å². The Morgan fingerprint density at radius 2 is 1.93 bits per heavy atom. The number of amides is 1. The highest BCUT2D eigenvalue weighted by Crippen LogP contribution is 2.45. The van der Waals surface area contributed by atoms with Crippen molar-refractivity contribution in [1.29, 1.82) is 0 Å². The van der Waals surface area contributed by atoms with Crippen LogP contribution in [0.15, 0.2) is 0 Å². The molecule has 1 aliphatic heterocycles. The summed E-state index contributed by atoms with van der Waals surface area (Å²) in [4.78, 5) is 12.7. The first-order valence-corrected chi connectivity index (χ1v) is 5.15. The fraction of sp³-hybridized carbons (Fsp3) is 0.900. The monoisotopic (exact) mass is 199 g/mol. The van der Waals surface area contributed by atoms with Crippen molar-refractivity contribution in [2.75, 3.05) is 6.61 Å². The van der Waals surface area contributed by atoms with Crippen molar-refractivity contribution < 1.29 is 14.6 Å². The van der Waals surface area contributed by atoms with Gasteiger partial charge in [0, 0.05) is 0 Å². The Morgan fingerprint density at radius 1 is 1.36 bits per heavy atom. The Morgan fingerprint density at radius 3 is 2.43 bits per heavy atom. The summed E-state index contributed by atoms with van der Waals surface area (Å²) < 4.78 is 5.74. The third kappa shape index (κ3) is 1.21. The molecule has 4 nitrogen and oxygen atoms in total. The van der Waals surface area contributed by atoms with Gasteiger partial charge in [-0.3, -0.25) is 4.90 Å². The van der Waals surface area contributed by atoms with Crippen molar-refractivity contribution in [1.82, 2.24) is 4.90 Å². The number of hydrogen-bond acceptors (Lipinski definition) is 2. The smallest absolute Gasteiger partial charge is 0.410 e. The summed E-state index contributed by atoms with van der Waals surface area (Å²) in [6.45, 7) is 4.36. The average molecular weight is 199 g/mol. The van der Waals surface area contributed by atoms with Crippen LogP contribution < -0.4 is 0 Å². The van der Waals surface area contributed by atoms with Crippen LogP contribution in [0.1, 0.15) is 39.5 Å². The molecule has 1 spiro atoms. The number of nitrogens with zero attached hydrogens (tertiary/aromatic N) is 1. The van der Waals surface area contributed by atoms with Crippen LogP contribution in [-0.2, 0) is 4.74 Å². The largest absolute Gasteiger partial charge is 0.465 e. The van der Waals surface area contributed by atoms with E-state index >= 15 is 0 Å². The first-order chi connectivity index (χ1) is 6.48. The van der Waals surface area contributed by atoms with E-state index in [-0.39, 0.29) is 5.54 Å². The van der Waals surface area contributed by atoms with Gasteiger partial charge in [-0.2, -0.15) is 0 Å². The summed E-state index contributed by atoms with van der Waals surface area (Å²) in [5.41, 5.74) is -0.883. The molecule has 0 atom stereocenters. The number of hydrogen-bond donors (Lipinski definition) is 1. The standard InChI is InChI=1S/C10H17NO3/c1-9(2)7-14-10(5-3-4-6-10)11(9)8(12)13/h3-7H2,1-2H3,(H,12,13). The maximum atomic E-state index is 11.2. The predicted molar refractivity (Wildman–Crippen MR) is 51.1 cm³/mol. The van der Waals surface area contributed by atoms with Gasteiger partial charge in [0.2, 0.25) is 0 Å². The number of rotatable bonds is 0. The highest BCUT2D eigenvalue weighted by molar-refractivity contribution is 5.67. The maximum Gasteiger partial charge on any atom is 0.410 e. The Bertz CT molecular complexity index is 256. The van der Waals surface area contributed by atoms with E-state index in [1.165, 1.54) is 4.90 Å². The Labute approximate surface area is 83.8 Å². The minimum atomic E-state index is -0.852. The van der Waals surface area contributed by atoms with Crippen LogP contribution in [0, 0.1) is 0 Å². The molecule has 4 heteroatoms. The van der Waals surface area contributed by atoms with E-state index in [4.69, 9.17) is 4.74 Å². The topological polar surface area (TPSA) is 49.8 Å². The predicted octanol–water partition coefficient (Wildman–Crippen LogP) is 2.05. The van der Waals surface area contributed by atoms with Gasteiger partial charge < -0.3 is 9.84 Å². The molecule has 0 aromatic carbocycles. The molecular formula is C10H17NO3. The van der Waals surface area contributed by atoms with E-state index in [2.05, 4.69) is 0 Å². The highest BCUT2D eigenvalue weighted by Gasteiger charge is 2.55. The summed E-state index contributed by atoms with van der Waals surface area (Å²) in [6.07, 6.45) is 2.99.